The van der Waals surface area contributed by atoms with Crippen molar-refractivity contribution in [3.05, 3.63) is 78.4 Å². The van der Waals surface area contributed by atoms with Crippen molar-refractivity contribution in [1.29, 1.82) is 0 Å². The molecule has 0 saturated heterocycles. The van der Waals surface area contributed by atoms with Crippen LogP contribution in [0.25, 0.3) is 11.1 Å². The molecular formula is C20H19N3O2. The fourth-order valence-electron chi connectivity index (χ4n) is 2.52. The molecule has 0 radical (unpaired) electrons. The number of rotatable bonds is 6. The summed E-state index contributed by atoms with van der Waals surface area (Å²) in [5.41, 5.74) is 3.85. The highest BCUT2D eigenvalue weighted by Crippen LogP contribution is 2.18. The Morgan fingerprint density at radius 2 is 1.60 bits per heavy atom. The minimum absolute atomic E-state index is 0.126. The third-order valence-electron chi connectivity index (χ3n) is 3.91. The summed E-state index contributed by atoms with van der Waals surface area (Å²) in [7, 11) is 0. The normalized spacial score (nSPS) is 10.4. The van der Waals surface area contributed by atoms with E-state index in [0.717, 1.165) is 24.0 Å². The smallest absolute Gasteiger partial charge is 0.251 e. The molecule has 5 nitrogen and oxygen atoms in total. The highest BCUT2D eigenvalue weighted by atomic mass is 16.3. The number of amides is 1. The average Bonchev–Trinajstić information content (AvgIpc) is 2.67. The SMILES string of the molecule is O=C(NCCCc1ccc(-c2cncnc2)cc1)c1ccc(O)cc1. The third-order valence-corrected chi connectivity index (χ3v) is 3.91. The Bertz CT molecular complexity index is 816. The van der Waals surface area contributed by atoms with Gasteiger partial charge in [0.2, 0.25) is 0 Å². The highest BCUT2D eigenvalue weighted by molar-refractivity contribution is 5.94. The fourth-order valence-corrected chi connectivity index (χ4v) is 2.52. The van der Waals surface area contributed by atoms with Crippen LogP contribution in [0.2, 0.25) is 0 Å². The highest BCUT2D eigenvalue weighted by Gasteiger charge is 2.04. The molecule has 1 heterocycles. The molecule has 0 aliphatic heterocycles. The van der Waals surface area contributed by atoms with Crippen LogP contribution in [0.1, 0.15) is 22.3 Å². The predicted molar refractivity (Wildman–Crippen MR) is 96.2 cm³/mol. The minimum atomic E-state index is -0.126. The van der Waals surface area contributed by atoms with Gasteiger partial charge in [0, 0.05) is 30.1 Å². The summed E-state index contributed by atoms with van der Waals surface area (Å²) in [6.45, 7) is 0.605. The van der Waals surface area contributed by atoms with Gasteiger partial charge in [0.05, 0.1) is 0 Å². The van der Waals surface area contributed by atoms with Crippen molar-refractivity contribution in [3.63, 3.8) is 0 Å². The van der Waals surface area contributed by atoms with Crippen molar-refractivity contribution in [3.8, 4) is 16.9 Å². The topological polar surface area (TPSA) is 75.1 Å². The van der Waals surface area contributed by atoms with Gasteiger partial charge in [-0.15, -0.1) is 0 Å². The number of phenolic OH excluding ortho intramolecular Hbond substituents is 1. The van der Waals surface area contributed by atoms with E-state index < -0.39 is 0 Å². The summed E-state index contributed by atoms with van der Waals surface area (Å²) >= 11 is 0. The van der Waals surface area contributed by atoms with Gasteiger partial charge in [-0.3, -0.25) is 4.79 Å². The van der Waals surface area contributed by atoms with Crippen LogP contribution in [0.5, 0.6) is 5.75 Å². The molecule has 3 aromatic rings. The van der Waals surface area contributed by atoms with E-state index in [2.05, 4.69) is 39.6 Å². The number of hydrogen-bond donors (Lipinski definition) is 2. The van der Waals surface area contributed by atoms with E-state index in [4.69, 9.17) is 0 Å². The second-order valence-electron chi connectivity index (χ2n) is 5.73. The zero-order valence-corrected chi connectivity index (χ0v) is 13.7. The van der Waals surface area contributed by atoms with Crippen LogP contribution in [0, 0.1) is 0 Å². The van der Waals surface area contributed by atoms with Gasteiger partial charge in [-0.25, -0.2) is 9.97 Å². The summed E-state index contributed by atoms with van der Waals surface area (Å²) in [6, 6.07) is 14.5. The molecular weight excluding hydrogens is 314 g/mol. The van der Waals surface area contributed by atoms with Crippen molar-refractivity contribution in [1.82, 2.24) is 15.3 Å². The van der Waals surface area contributed by atoms with Crippen LogP contribution in [-0.4, -0.2) is 27.5 Å². The van der Waals surface area contributed by atoms with Gasteiger partial charge in [0.25, 0.3) is 5.91 Å². The van der Waals surface area contributed by atoms with Gasteiger partial charge < -0.3 is 10.4 Å². The van der Waals surface area contributed by atoms with Crippen LogP contribution in [0.3, 0.4) is 0 Å². The summed E-state index contributed by atoms with van der Waals surface area (Å²) in [5.74, 6) is 0.0292. The number of aromatic hydroxyl groups is 1. The van der Waals surface area contributed by atoms with Crippen LogP contribution in [0.15, 0.2) is 67.3 Å². The molecule has 2 N–H and O–H groups in total. The Kier molecular flexibility index (Phi) is 5.36. The van der Waals surface area contributed by atoms with Gasteiger partial charge >= 0.3 is 0 Å². The van der Waals surface area contributed by atoms with Crippen LogP contribution >= 0.6 is 0 Å². The van der Waals surface area contributed by atoms with Gasteiger partial charge in [-0.2, -0.15) is 0 Å². The lowest BCUT2D eigenvalue weighted by molar-refractivity contribution is 0.0953. The quantitative estimate of drug-likeness (QED) is 0.679. The van der Waals surface area contributed by atoms with Crippen molar-refractivity contribution in [2.24, 2.45) is 0 Å². The molecule has 0 bridgehead atoms. The van der Waals surface area contributed by atoms with Crippen molar-refractivity contribution in [2.75, 3.05) is 6.54 Å². The van der Waals surface area contributed by atoms with Crippen LogP contribution in [0.4, 0.5) is 0 Å². The number of carbonyl (C=O) groups excluding carboxylic acids is 1. The molecule has 0 fully saturated rings. The lowest BCUT2D eigenvalue weighted by Gasteiger charge is -2.06. The maximum absolute atomic E-state index is 12.0. The largest absolute Gasteiger partial charge is 0.508 e. The summed E-state index contributed by atoms with van der Waals surface area (Å²) < 4.78 is 0. The molecule has 0 aliphatic rings. The van der Waals surface area contributed by atoms with Gasteiger partial charge in [0.1, 0.15) is 12.1 Å². The van der Waals surface area contributed by atoms with Crippen molar-refractivity contribution < 1.29 is 9.90 Å². The first-order valence-electron chi connectivity index (χ1n) is 8.14. The maximum atomic E-state index is 12.0. The number of hydrogen-bond acceptors (Lipinski definition) is 4. The van der Waals surface area contributed by atoms with E-state index in [1.54, 1.807) is 24.5 Å². The number of carbonyl (C=O) groups is 1. The van der Waals surface area contributed by atoms with Crippen molar-refractivity contribution >= 4 is 5.91 Å². The van der Waals surface area contributed by atoms with Crippen molar-refractivity contribution in [2.45, 2.75) is 12.8 Å². The van der Waals surface area contributed by atoms with E-state index in [1.165, 1.54) is 24.0 Å². The Labute approximate surface area is 146 Å². The molecule has 0 atom stereocenters. The zero-order valence-electron chi connectivity index (χ0n) is 13.7. The third kappa shape index (κ3) is 4.64. The minimum Gasteiger partial charge on any atom is -0.508 e. The Hall–Kier alpha value is -3.21. The zero-order chi connectivity index (χ0) is 17.5. The Balaban J connectivity index is 1.46. The van der Waals surface area contributed by atoms with Gasteiger partial charge in [0.15, 0.2) is 0 Å². The molecule has 2 aromatic carbocycles. The molecule has 0 saturated carbocycles. The second-order valence-corrected chi connectivity index (χ2v) is 5.73. The lowest BCUT2D eigenvalue weighted by Crippen LogP contribution is -2.24. The molecule has 25 heavy (non-hydrogen) atoms. The fraction of sp³-hybridized carbons (Fsp3) is 0.150. The molecule has 0 unspecified atom stereocenters. The predicted octanol–water partition coefficient (Wildman–Crippen LogP) is 3.21. The first-order chi connectivity index (χ1) is 12.2. The first kappa shape index (κ1) is 16.6. The molecule has 5 heteroatoms. The van der Waals surface area contributed by atoms with Gasteiger partial charge in [-0.05, 0) is 48.2 Å². The summed E-state index contributed by atoms with van der Waals surface area (Å²) in [6.07, 6.45) is 6.85. The number of aryl methyl sites for hydroxylation is 1. The van der Waals surface area contributed by atoms with E-state index in [1.807, 2.05) is 0 Å². The average molecular weight is 333 g/mol. The number of aromatic nitrogens is 2. The second kappa shape index (κ2) is 8.06. The standard InChI is InChI=1S/C20H19N3O2/c24-19-9-7-17(8-10-19)20(25)23-11-1-2-15-3-5-16(6-4-15)18-12-21-14-22-13-18/h3-10,12-14,24H,1-2,11H2,(H,23,25). The van der Waals surface area contributed by atoms with E-state index >= 15 is 0 Å². The number of nitrogens with one attached hydrogen (secondary N) is 1. The molecule has 1 aromatic heterocycles. The molecule has 3 rings (SSSR count). The summed E-state index contributed by atoms with van der Waals surface area (Å²) in [5, 5.41) is 12.1. The number of benzene rings is 2. The van der Waals surface area contributed by atoms with Gasteiger partial charge in [-0.1, -0.05) is 24.3 Å². The Morgan fingerprint density at radius 1 is 0.920 bits per heavy atom. The monoisotopic (exact) mass is 333 g/mol. The number of phenols is 1. The maximum Gasteiger partial charge on any atom is 0.251 e. The number of nitrogens with zero attached hydrogens (tertiary/aromatic N) is 2. The van der Waals surface area contributed by atoms with Crippen LogP contribution in [-0.2, 0) is 6.42 Å². The Morgan fingerprint density at radius 3 is 2.28 bits per heavy atom. The molecule has 1 amide bonds. The van der Waals surface area contributed by atoms with E-state index in [0.29, 0.717) is 12.1 Å². The molecule has 0 aliphatic carbocycles. The van der Waals surface area contributed by atoms with E-state index in [-0.39, 0.29) is 11.7 Å². The lowest BCUT2D eigenvalue weighted by atomic mass is 10.0. The molecule has 126 valence electrons. The molecule has 0 spiro atoms. The van der Waals surface area contributed by atoms with E-state index in [9.17, 15) is 9.90 Å². The first-order valence-corrected chi connectivity index (χ1v) is 8.14. The van der Waals surface area contributed by atoms with Crippen LogP contribution < -0.4 is 5.32 Å². The summed E-state index contributed by atoms with van der Waals surface area (Å²) in [4.78, 5) is 20.0.